The third-order valence-electron chi connectivity index (χ3n) is 8.86. The summed E-state index contributed by atoms with van der Waals surface area (Å²) in [5, 5.41) is 38.6. The largest absolute Gasteiger partial charge is 0.493 e. The number of nitrogens with zero attached hydrogens (tertiary/aromatic N) is 5. The van der Waals surface area contributed by atoms with Crippen LogP contribution in [0.5, 0.6) is 5.75 Å². The van der Waals surface area contributed by atoms with Gasteiger partial charge in [0.2, 0.25) is 11.9 Å². The third-order valence-corrected chi connectivity index (χ3v) is 8.86. The second-order valence-electron chi connectivity index (χ2n) is 12.4. The van der Waals surface area contributed by atoms with E-state index >= 15 is 0 Å². The topological polar surface area (TPSA) is 143 Å². The number of aryl methyl sites for hydroxylation is 1. The van der Waals surface area contributed by atoms with Crippen molar-refractivity contribution in [3.63, 3.8) is 0 Å². The number of amides is 1. The summed E-state index contributed by atoms with van der Waals surface area (Å²) in [4.78, 5) is 27.8. The number of piperazine rings is 1. The van der Waals surface area contributed by atoms with Crippen molar-refractivity contribution in [3.05, 3.63) is 47.5 Å². The van der Waals surface area contributed by atoms with Crippen molar-refractivity contribution in [2.45, 2.75) is 76.6 Å². The van der Waals surface area contributed by atoms with E-state index in [0.717, 1.165) is 57.6 Å². The van der Waals surface area contributed by atoms with Crippen LogP contribution in [0.15, 0.2) is 30.6 Å². The van der Waals surface area contributed by atoms with Crippen LogP contribution in [0, 0.1) is 11.7 Å². The summed E-state index contributed by atoms with van der Waals surface area (Å²) in [5.41, 5.74) is 1.50. The summed E-state index contributed by atoms with van der Waals surface area (Å²) < 4.78 is 20.7. The first-order valence-electron chi connectivity index (χ1n) is 16.4. The minimum absolute atomic E-state index is 0.0425. The second kappa shape index (κ2) is 17.7. The van der Waals surface area contributed by atoms with E-state index in [4.69, 9.17) is 9.84 Å². The summed E-state index contributed by atoms with van der Waals surface area (Å²) in [7, 11) is 0. The Hall–Kier alpha value is -2.90. The van der Waals surface area contributed by atoms with Crippen LogP contribution in [-0.4, -0.2) is 123 Å². The van der Waals surface area contributed by atoms with Crippen LogP contribution < -0.4 is 9.64 Å². The number of carbonyl (C=O) groups is 1. The van der Waals surface area contributed by atoms with Gasteiger partial charge < -0.3 is 35.0 Å². The van der Waals surface area contributed by atoms with Crippen LogP contribution in [0.25, 0.3) is 0 Å². The first-order valence-corrected chi connectivity index (χ1v) is 16.4. The third kappa shape index (κ3) is 10.8. The average molecular weight is 632 g/mol. The van der Waals surface area contributed by atoms with E-state index in [-0.39, 0.29) is 25.3 Å². The summed E-state index contributed by atoms with van der Waals surface area (Å²) >= 11 is 0. The molecule has 0 aliphatic carbocycles. The van der Waals surface area contributed by atoms with Gasteiger partial charge in [-0.05, 0) is 55.2 Å². The van der Waals surface area contributed by atoms with E-state index in [1.54, 1.807) is 17.0 Å². The van der Waals surface area contributed by atoms with Crippen LogP contribution in [0.4, 0.5) is 10.3 Å². The minimum Gasteiger partial charge on any atom is -0.493 e. The number of halogens is 1. The summed E-state index contributed by atoms with van der Waals surface area (Å²) in [5.74, 6) is 1.27. The first kappa shape index (κ1) is 35.0. The van der Waals surface area contributed by atoms with Crippen LogP contribution in [0.2, 0.25) is 0 Å². The number of carbonyl (C=O) groups excluding carboxylic acids is 1. The first-order chi connectivity index (χ1) is 21.7. The predicted molar refractivity (Wildman–Crippen MR) is 169 cm³/mol. The lowest BCUT2D eigenvalue weighted by molar-refractivity contribution is -0.132. The maximum Gasteiger partial charge on any atom is 0.227 e. The molecule has 12 heteroatoms. The fourth-order valence-corrected chi connectivity index (χ4v) is 6.03. The highest BCUT2D eigenvalue weighted by molar-refractivity contribution is 5.79. The lowest BCUT2D eigenvalue weighted by Crippen LogP contribution is -2.52. The molecular weight excluding hydrogens is 581 g/mol. The molecule has 2 aliphatic rings. The van der Waals surface area contributed by atoms with Gasteiger partial charge in [0.1, 0.15) is 11.6 Å². The van der Waals surface area contributed by atoms with E-state index in [9.17, 15) is 24.5 Å². The molecule has 2 aromatic rings. The number of piperidine rings is 1. The van der Waals surface area contributed by atoms with Crippen LogP contribution in [0.1, 0.15) is 56.6 Å². The van der Waals surface area contributed by atoms with Gasteiger partial charge in [0.15, 0.2) is 0 Å². The van der Waals surface area contributed by atoms with Crippen molar-refractivity contribution in [2.75, 3.05) is 63.9 Å². The molecule has 3 atom stereocenters. The zero-order valence-corrected chi connectivity index (χ0v) is 26.4. The van der Waals surface area contributed by atoms with Gasteiger partial charge in [-0.2, -0.15) is 0 Å². The molecule has 4 N–H and O–H groups in total. The van der Waals surface area contributed by atoms with Crippen LogP contribution in [-0.2, 0) is 17.6 Å². The zero-order chi connectivity index (χ0) is 32.2. The maximum absolute atomic E-state index is 14.9. The molecule has 11 nitrogen and oxygen atoms in total. The molecule has 2 aliphatic heterocycles. The van der Waals surface area contributed by atoms with Crippen molar-refractivity contribution in [3.8, 4) is 5.75 Å². The molecule has 1 aromatic heterocycles. The Bertz CT molecular complexity index is 1170. The molecular formula is C33H50FN5O6. The average Bonchev–Trinajstić information content (AvgIpc) is 3.05. The van der Waals surface area contributed by atoms with Gasteiger partial charge in [0.05, 0.1) is 37.9 Å². The van der Waals surface area contributed by atoms with E-state index < -0.39 is 30.7 Å². The molecule has 4 rings (SSSR count). The highest BCUT2D eigenvalue weighted by atomic mass is 19.1. The van der Waals surface area contributed by atoms with Crippen molar-refractivity contribution in [1.82, 2.24) is 19.8 Å². The summed E-state index contributed by atoms with van der Waals surface area (Å²) in [6.45, 7) is 6.16. The number of aromatic nitrogens is 2. The van der Waals surface area contributed by atoms with Gasteiger partial charge >= 0.3 is 0 Å². The number of anilines is 1. The second-order valence-corrected chi connectivity index (χ2v) is 12.4. The molecule has 0 spiro atoms. The number of hydrogen-bond donors (Lipinski definition) is 4. The summed E-state index contributed by atoms with van der Waals surface area (Å²) in [6, 6.07) is 4.68. The van der Waals surface area contributed by atoms with E-state index in [1.807, 2.05) is 17.3 Å². The van der Waals surface area contributed by atoms with Crippen molar-refractivity contribution in [2.24, 2.45) is 5.92 Å². The molecule has 0 saturated carbocycles. The molecule has 0 bridgehead atoms. The Morgan fingerprint density at radius 1 is 1.04 bits per heavy atom. The quantitative estimate of drug-likeness (QED) is 0.203. The van der Waals surface area contributed by atoms with Crippen molar-refractivity contribution in [1.29, 1.82) is 0 Å². The molecule has 3 heterocycles. The van der Waals surface area contributed by atoms with E-state index in [0.29, 0.717) is 50.0 Å². The van der Waals surface area contributed by atoms with Gasteiger partial charge in [-0.15, -0.1) is 0 Å². The Morgan fingerprint density at radius 2 is 1.76 bits per heavy atom. The summed E-state index contributed by atoms with van der Waals surface area (Å²) in [6.07, 6.45) is 6.63. The van der Waals surface area contributed by atoms with E-state index in [1.165, 1.54) is 11.6 Å². The van der Waals surface area contributed by atoms with Gasteiger partial charge in [0, 0.05) is 70.7 Å². The van der Waals surface area contributed by atoms with E-state index in [2.05, 4.69) is 21.8 Å². The molecule has 0 unspecified atom stereocenters. The molecule has 1 aromatic carbocycles. The molecule has 250 valence electrons. The van der Waals surface area contributed by atoms with Crippen molar-refractivity contribution >= 4 is 11.9 Å². The number of aliphatic hydroxyl groups excluding tert-OH is 4. The predicted octanol–water partition coefficient (Wildman–Crippen LogP) is 1.80. The standard InChI is InChI=1S/C33H50FN5O6/c1-2-4-25-20-35-33(36-21-25)39-10-8-24(9-11-39)5-3-16-45-28-7-6-26(29(34)19-28)17-32(44)38-14-12-37(13-15-38)22-31(43)30(42)18-27(41)23-40/h6-7,19-21,24,27,30-31,40-43H,2-5,8-18,22-23H2,1H3/t27-,30-,31-/m0/s1. The molecule has 1 amide bonds. The molecule has 0 radical (unpaired) electrons. The highest BCUT2D eigenvalue weighted by Crippen LogP contribution is 2.25. The normalized spacial score (nSPS) is 18.5. The van der Waals surface area contributed by atoms with Gasteiger partial charge in [-0.25, -0.2) is 14.4 Å². The monoisotopic (exact) mass is 631 g/mol. The van der Waals surface area contributed by atoms with Gasteiger partial charge in [0.25, 0.3) is 0 Å². The number of β-amino-alcohol motifs (C(OH)–C–C–N with tert-alkyl or cyclic N) is 1. The lowest BCUT2D eigenvalue weighted by atomic mass is 9.92. The van der Waals surface area contributed by atoms with Crippen LogP contribution >= 0.6 is 0 Å². The molecule has 2 saturated heterocycles. The maximum atomic E-state index is 14.9. The number of aliphatic hydroxyl groups is 4. The number of rotatable bonds is 16. The Kier molecular flexibility index (Phi) is 13.8. The number of hydrogen-bond acceptors (Lipinski definition) is 10. The fourth-order valence-electron chi connectivity index (χ4n) is 6.03. The molecule has 2 fully saturated rings. The zero-order valence-electron chi connectivity index (χ0n) is 26.4. The number of ether oxygens (including phenoxy) is 1. The Morgan fingerprint density at radius 3 is 2.40 bits per heavy atom. The van der Waals surface area contributed by atoms with Gasteiger partial charge in [-0.3, -0.25) is 9.69 Å². The lowest BCUT2D eigenvalue weighted by Gasteiger charge is -2.36. The fraction of sp³-hybridized carbons (Fsp3) is 0.667. The Labute approximate surface area is 265 Å². The van der Waals surface area contributed by atoms with Gasteiger partial charge in [-0.1, -0.05) is 19.4 Å². The highest BCUT2D eigenvalue weighted by Gasteiger charge is 2.27. The van der Waals surface area contributed by atoms with Crippen LogP contribution in [0.3, 0.4) is 0 Å². The molecule has 45 heavy (non-hydrogen) atoms. The smallest absolute Gasteiger partial charge is 0.227 e. The Balaban J connectivity index is 1.11. The van der Waals surface area contributed by atoms with Crippen molar-refractivity contribution < 1.29 is 34.3 Å². The SMILES string of the molecule is CCCc1cnc(N2CCC(CCCOc3ccc(CC(=O)N4CCN(C[C@H](O)[C@@H](O)C[C@H](O)CO)CC4)c(F)c3)CC2)nc1. The minimum atomic E-state index is -1.15. The number of benzene rings is 1.